The van der Waals surface area contributed by atoms with Crippen LogP contribution in [0.25, 0.3) is 17.1 Å². The lowest BCUT2D eigenvalue weighted by Gasteiger charge is -2.14. The zero-order valence-corrected chi connectivity index (χ0v) is 12.9. The first-order valence-electron chi connectivity index (χ1n) is 6.92. The number of benzene rings is 2. The van der Waals surface area contributed by atoms with Crippen molar-refractivity contribution >= 4 is 29.5 Å². The summed E-state index contributed by atoms with van der Waals surface area (Å²) in [5.41, 5.74) is 6.03. The summed E-state index contributed by atoms with van der Waals surface area (Å²) < 4.78 is 0. The van der Waals surface area contributed by atoms with Crippen LogP contribution in [-0.2, 0) is 6.42 Å². The Morgan fingerprint density at radius 1 is 1.19 bits per heavy atom. The molecule has 3 heteroatoms. The van der Waals surface area contributed by atoms with Gasteiger partial charge in [0.1, 0.15) is 0 Å². The molecule has 1 aromatic heterocycles. The Bertz CT molecular complexity index is 746. The van der Waals surface area contributed by atoms with Crippen molar-refractivity contribution in [1.29, 1.82) is 0 Å². The third-order valence-electron chi connectivity index (χ3n) is 3.81. The molecule has 0 aliphatic carbocycles. The Labute approximate surface area is 131 Å². The SMILES string of the molecule is C=Cc1ccccc1CC(C)c1cccc2[nH]cnc12.Cl. The van der Waals surface area contributed by atoms with Crippen LogP contribution in [0.2, 0.25) is 0 Å². The quantitative estimate of drug-likeness (QED) is 0.723. The number of hydrogen-bond donors (Lipinski definition) is 1. The number of H-pyrrole nitrogens is 1. The fraction of sp³-hybridized carbons (Fsp3) is 0.167. The first kappa shape index (κ1) is 15.3. The van der Waals surface area contributed by atoms with Crippen molar-refractivity contribution < 1.29 is 0 Å². The lowest BCUT2D eigenvalue weighted by Crippen LogP contribution is -2.01. The molecule has 108 valence electrons. The fourth-order valence-electron chi connectivity index (χ4n) is 2.75. The van der Waals surface area contributed by atoms with E-state index in [1.807, 2.05) is 6.08 Å². The van der Waals surface area contributed by atoms with Crippen LogP contribution < -0.4 is 0 Å². The molecule has 21 heavy (non-hydrogen) atoms. The molecule has 0 bridgehead atoms. The third-order valence-corrected chi connectivity index (χ3v) is 3.81. The minimum atomic E-state index is 0. The second-order valence-corrected chi connectivity index (χ2v) is 5.15. The smallest absolute Gasteiger partial charge is 0.0931 e. The van der Waals surface area contributed by atoms with E-state index in [4.69, 9.17) is 0 Å². The molecule has 0 amide bonds. The van der Waals surface area contributed by atoms with E-state index in [0.29, 0.717) is 5.92 Å². The van der Waals surface area contributed by atoms with E-state index >= 15 is 0 Å². The molecule has 1 atom stereocenters. The number of hydrogen-bond acceptors (Lipinski definition) is 1. The summed E-state index contributed by atoms with van der Waals surface area (Å²) in [6.45, 7) is 6.15. The molecule has 2 aromatic carbocycles. The van der Waals surface area contributed by atoms with E-state index in [-0.39, 0.29) is 12.4 Å². The van der Waals surface area contributed by atoms with Crippen LogP contribution in [0.3, 0.4) is 0 Å². The molecule has 0 spiro atoms. The van der Waals surface area contributed by atoms with Gasteiger partial charge in [-0.15, -0.1) is 12.4 Å². The van der Waals surface area contributed by atoms with Gasteiger partial charge < -0.3 is 4.98 Å². The Balaban J connectivity index is 0.00000161. The maximum Gasteiger partial charge on any atom is 0.0931 e. The molecule has 0 aliphatic heterocycles. The van der Waals surface area contributed by atoms with Crippen molar-refractivity contribution in [2.45, 2.75) is 19.3 Å². The largest absolute Gasteiger partial charge is 0.345 e. The summed E-state index contributed by atoms with van der Waals surface area (Å²) in [6.07, 6.45) is 4.68. The van der Waals surface area contributed by atoms with Crippen LogP contribution in [0.4, 0.5) is 0 Å². The van der Waals surface area contributed by atoms with Gasteiger partial charge in [-0.1, -0.05) is 56.0 Å². The first-order chi connectivity index (χ1) is 9.79. The molecule has 3 aromatic rings. The second kappa shape index (κ2) is 6.59. The van der Waals surface area contributed by atoms with Crippen molar-refractivity contribution in [3.8, 4) is 0 Å². The number of nitrogens with one attached hydrogen (secondary N) is 1. The molecule has 1 unspecified atom stereocenters. The van der Waals surface area contributed by atoms with Gasteiger partial charge >= 0.3 is 0 Å². The van der Waals surface area contributed by atoms with Crippen LogP contribution in [0.5, 0.6) is 0 Å². The van der Waals surface area contributed by atoms with E-state index in [1.54, 1.807) is 6.33 Å². The first-order valence-corrected chi connectivity index (χ1v) is 6.92. The fourth-order valence-corrected chi connectivity index (χ4v) is 2.75. The van der Waals surface area contributed by atoms with Crippen molar-refractivity contribution in [3.63, 3.8) is 0 Å². The van der Waals surface area contributed by atoms with E-state index in [9.17, 15) is 0 Å². The Morgan fingerprint density at radius 2 is 2.00 bits per heavy atom. The van der Waals surface area contributed by atoms with Crippen molar-refractivity contribution in [2.75, 3.05) is 0 Å². The normalized spacial score (nSPS) is 11.9. The highest BCUT2D eigenvalue weighted by Crippen LogP contribution is 2.27. The third kappa shape index (κ3) is 3.01. The summed E-state index contributed by atoms with van der Waals surface area (Å²) in [5, 5.41) is 0. The molecular weight excluding hydrogens is 280 g/mol. The second-order valence-electron chi connectivity index (χ2n) is 5.15. The van der Waals surface area contributed by atoms with Gasteiger partial charge in [0.05, 0.1) is 17.4 Å². The summed E-state index contributed by atoms with van der Waals surface area (Å²) in [7, 11) is 0. The average Bonchev–Trinajstić information content (AvgIpc) is 2.96. The molecule has 3 rings (SSSR count). The lowest BCUT2D eigenvalue weighted by atomic mass is 9.90. The van der Waals surface area contributed by atoms with E-state index in [0.717, 1.165) is 17.5 Å². The van der Waals surface area contributed by atoms with Gasteiger partial charge in [-0.05, 0) is 35.1 Å². The van der Waals surface area contributed by atoms with Crippen molar-refractivity contribution in [2.24, 2.45) is 0 Å². The van der Waals surface area contributed by atoms with Gasteiger partial charge in [-0.25, -0.2) is 4.98 Å². The molecule has 0 radical (unpaired) electrons. The molecule has 0 fully saturated rings. The van der Waals surface area contributed by atoms with Crippen LogP contribution in [-0.4, -0.2) is 9.97 Å². The summed E-state index contributed by atoms with van der Waals surface area (Å²) in [6, 6.07) is 14.8. The van der Waals surface area contributed by atoms with E-state index in [2.05, 4.69) is 65.9 Å². The Morgan fingerprint density at radius 3 is 2.81 bits per heavy atom. The maximum atomic E-state index is 4.45. The van der Waals surface area contributed by atoms with E-state index in [1.165, 1.54) is 16.7 Å². The maximum absolute atomic E-state index is 4.45. The minimum Gasteiger partial charge on any atom is -0.345 e. The molecular formula is C18H19ClN2. The summed E-state index contributed by atoms with van der Waals surface area (Å²) in [5.74, 6) is 0.420. The Hall–Kier alpha value is -2.06. The zero-order chi connectivity index (χ0) is 13.9. The molecule has 0 aliphatic rings. The van der Waals surface area contributed by atoms with Crippen LogP contribution in [0.1, 0.15) is 29.5 Å². The number of aromatic nitrogens is 2. The number of imidazole rings is 1. The van der Waals surface area contributed by atoms with E-state index < -0.39 is 0 Å². The predicted octanol–water partition coefficient (Wildman–Crippen LogP) is 4.97. The molecule has 0 saturated carbocycles. The molecule has 2 nitrogen and oxygen atoms in total. The monoisotopic (exact) mass is 298 g/mol. The van der Waals surface area contributed by atoms with Gasteiger partial charge in [0.2, 0.25) is 0 Å². The summed E-state index contributed by atoms with van der Waals surface area (Å²) >= 11 is 0. The highest BCUT2D eigenvalue weighted by Gasteiger charge is 2.12. The van der Waals surface area contributed by atoms with Gasteiger partial charge in [-0.3, -0.25) is 0 Å². The highest BCUT2D eigenvalue weighted by molar-refractivity contribution is 5.85. The molecule has 1 N–H and O–H groups in total. The van der Waals surface area contributed by atoms with Crippen LogP contribution >= 0.6 is 12.4 Å². The zero-order valence-electron chi connectivity index (χ0n) is 12.0. The average molecular weight is 299 g/mol. The predicted molar refractivity (Wildman–Crippen MR) is 92.0 cm³/mol. The number of fused-ring (bicyclic) bond motifs is 1. The lowest BCUT2D eigenvalue weighted by molar-refractivity contribution is 0.763. The van der Waals surface area contributed by atoms with Gasteiger partial charge in [0.15, 0.2) is 0 Å². The number of para-hydroxylation sites is 1. The highest BCUT2D eigenvalue weighted by atomic mass is 35.5. The van der Waals surface area contributed by atoms with Crippen molar-refractivity contribution in [1.82, 2.24) is 9.97 Å². The number of aromatic amines is 1. The standard InChI is InChI=1S/C18H18N2.ClH/c1-3-14-7-4-5-8-15(14)11-13(2)16-9-6-10-17-18(16)20-12-19-17;/h3-10,12-13H,1,11H2,2H3,(H,19,20);1H. The summed E-state index contributed by atoms with van der Waals surface area (Å²) in [4.78, 5) is 7.62. The Kier molecular flexibility index (Phi) is 4.81. The van der Waals surface area contributed by atoms with Gasteiger partial charge in [0.25, 0.3) is 0 Å². The topological polar surface area (TPSA) is 28.7 Å². The minimum absolute atomic E-state index is 0. The number of nitrogens with zero attached hydrogens (tertiary/aromatic N) is 1. The van der Waals surface area contributed by atoms with Crippen molar-refractivity contribution in [3.05, 3.63) is 72.1 Å². The molecule has 0 saturated heterocycles. The van der Waals surface area contributed by atoms with Gasteiger partial charge in [-0.2, -0.15) is 0 Å². The number of halogens is 1. The van der Waals surface area contributed by atoms with Crippen LogP contribution in [0.15, 0.2) is 55.4 Å². The van der Waals surface area contributed by atoms with Gasteiger partial charge in [0, 0.05) is 0 Å². The number of rotatable bonds is 4. The molecule has 1 heterocycles. The van der Waals surface area contributed by atoms with Crippen LogP contribution in [0, 0.1) is 0 Å².